The van der Waals surface area contributed by atoms with Gasteiger partial charge in [-0.15, -0.1) is 0 Å². The maximum atomic E-state index is 11.6. The van der Waals surface area contributed by atoms with Crippen molar-refractivity contribution < 1.29 is 24.5 Å². The standard InChI is InChI=1S/C11H14O5/c12-8(13)10-4-1-5-11(10,9(14)15)7-3-2-6(10)16-7/h6-7H,1-5H2,(H,12,13)(H,14,15)/t6-,7+,10+,11-. The molecule has 4 atom stereocenters. The fraction of sp³-hybridized carbons (Fsp3) is 0.818. The minimum atomic E-state index is -1.16. The van der Waals surface area contributed by atoms with E-state index >= 15 is 0 Å². The molecule has 0 aromatic heterocycles. The van der Waals surface area contributed by atoms with Crippen molar-refractivity contribution in [1.82, 2.24) is 0 Å². The molecule has 3 aliphatic rings. The molecule has 2 bridgehead atoms. The van der Waals surface area contributed by atoms with Gasteiger partial charge in [0, 0.05) is 0 Å². The highest BCUT2D eigenvalue weighted by molar-refractivity contribution is 5.89. The molecule has 2 heterocycles. The molecule has 2 N–H and O–H groups in total. The van der Waals surface area contributed by atoms with Crippen LogP contribution in [0.25, 0.3) is 0 Å². The van der Waals surface area contributed by atoms with Crippen molar-refractivity contribution in [2.24, 2.45) is 10.8 Å². The predicted octanol–water partition coefficient (Wildman–Crippen LogP) is 0.874. The van der Waals surface area contributed by atoms with E-state index in [1.54, 1.807) is 0 Å². The van der Waals surface area contributed by atoms with Gasteiger partial charge in [-0.2, -0.15) is 0 Å². The molecular weight excluding hydrogens is 212 g/mol. The number of hydrogen-bond acceptors (Lipinski definition) is 3. The van der Waals surface area contributed by atoms with Crippen LogP contribution in [0.3, 0.4) is 0 Å². The van der Waals surface area contributed by atoms with Crippen LogP contribution in [-0.2, 0) is 14.3 Å². The Morgan fingerprint density at radius 3 is 1.81 bits per heavy atom. The summed E-state index contributed by atoms with van der Waals surface area (Å²) in [6.07, 6.45) is 2.14. The van der Waals surface area contributed by atoms with Crippen LogP contribution >= 0.6 is 0 Å². The molecule has 5 nitrogen and oxygen atoms in total. The summed E-state index contributed by atoms with van der Waals surface area (Å²) < 4.78 is 5.61. The van der Waals surface area contributed by atoms with E-state index < -0.39 is 35.0 Å². The van der Waals surface area contributed by atoms with Gasteiger partial charge in [0.25, 0.3) is 0 Å². The molecule has 3 fully saturated rings. The Labute approximate surface area is 92.4 Å². The van der Waals surface area contributed by atoms with Gasteiger partial charge in [0.2, 0.25) is 0 Å². The van der Waals surface area contributed by atoms with Crippen LogP contribution < -0.4 is 0 Å². The van der Waals surface area contributed by atoms with E-state index in [4.69, 9.17) is 4.74 Å². The highest BCUT2D eigenvalue weighted by atomic mass is 16.5. The molecule has 0 spiro atoms. The van der Waals surface area contributed by atoms with Crippen LogP contribution in [0.2, 0.25) is 0 Å². The van der Waals surface area contributed by atoms with Crippen molar-refractivity contribution in [1.29, 1.82) is 0 Å². The molecule has 1 saturated carbocycles. The predicted molar refractivity (Wildman–Crippen MR) is 51.9 cm³/mol. The van der Waals surface area contributed by atoms with E-state index in [-0.39, 0.29) is 0 Å². The average Bonchev–Trinajstić information content (AvgIpc) is 2.88. The van der Waals surface area contributed by atoms with E-state index in [1.165, 1.54) is 0 Å². The molecule has 0 radical (unpaired) electrons. The SMILES string of the molecule is O=C(O)[C@]12CCC[C@@]1(C(=O)O)[C@H]1CC[C@@H]2O1. The molecule has 3 rings (SSSR count). The first kappa shape index (κ1) is 10.1. The second-order valence-electron chi connectivity index (χ2n) is 5.10. The number of carbonyl (C=O) groups is 2. The van der Waals surface area contributed by atoms with Gasteiger partial charge in [0.15, 0.2) is 0 Å². The number of fused-ring (bicyclic) bond motifs is 5. The van der Waals surface area contributed by atoms with Crippen molar-refractivity contribution in [3.05, 3.63) is 0 Å². The smallest absolute Gasteiger partial charge is 0.313 e. The van der Waals surface area contributed by atoms with E-state index in [9.17, 15) is 19.8 Å². The largest absolute Gasteiger partial charge is 0.481 e. The Kier molecular flexibility index (Phi) is 1.74. The van der Waals surface area contributed by atoms with Crippen molar-refractivity contribution >= 4 is 11.9 Å². The lowest BCUT2D eigenvalue weighted by Gasteiger charge is -2.39. The van der Waals surface area contributed by atoms with E-state index in [0.29, 0.717) is 32.1 Å². The zero-order valence-electron chi connectivity index (χ0n) is 8.81. The maximum Gasteiger partial charge on any atom is 0.313 e. The van der Waals surface area contributed by atoms with Crippen LogP contribution in [-0.4, -0.2) is 34.4 Å². The van der Waals surface area contributed by atoms with Crippen LogP contribution in [0.4, 0.5) is 0 Å². The lowest BCUT2D eigenvalue weighted by Crippen LogP contribution is -2.55. The van der Waals surface area contributed by atoms with Gasteiger partial charge >= 0.3 is 11.9 Å². The van der Waals surface area contributed by atoms with Gasteiger partial charge in [-0.1, -0.05) is 6.42 Å². The summed E-state index contributed by atoms with van der Waals surface area (Å²) in [5, 5.41) is 18.9. The Hall–Kier alpha value is -1.10. The van der Waals surface area contributed by atoms with Crippen molar-refractivity contribution in [2.75, 3.05) is 0 Å². The summed E-state index contributed by atoms with van der Waals surface area (Å²) in [6, 6.07) is 0. The third-order valence-corrected chi connectivity index (χ3v) is 4.82. The normalized spacial score (nSPS) is 49.2. The average molecular weight is 226 g/mol. The topological polar surface area (TPSA) is 83.8 Å². The van der Waals surface area contributed by atoms with Gasteiger partial charge in [0.05, 0.1) is 12.2 Å². The number of ether oxygens (including phenoxy) is 1. The first-order valence-corrected chi connectivity index (χ1v) is 5.68. The lowest BCUT2D eigenvalue weighted by molar-refractivity contribution is -0.172. The Bertz CT molecular complexity index is 345. The minimum Gasteiger partial charge on any atom is -0.481 e. The van der Waals surface area contributed by atoms with E-state index in [1.807, 2.05) is 0 Å². The Morgan fingerprint density at radius 2 is 1.44 bits per heavy atom. The molecule has 0 aromatic rings. The second-order valence-corrected chi connectivity index (χ2v) is 5.10. The number of carboxylic acid groups (broad SMARTS) is 2. The van der Waals surface area contributed by atoms with E-state index in [2.05, 4.69) is 0 Å². The zero-order chi connectivity index (χ0) is 11.6. The van der Waals surface area contributed by atoms with Crippen LogP contribution in [0, 0.1) is 10.8 Å². The molecule has 2 aliphatic heterocycles. The van der Waals surface area contributed by atoms with Gasteiger partial charge < -0.3 is 14.9 Å². The highest BCUT2D eigenvalue weighted by Crippen LogP contribution is 2.67. The van der Waals surface area contributed by atoms with Crippen LogP contribution in [0.5, 0.6) is 0 Å². The number of aliphatic carboxylic acids is 2. The first-order chi connectivity index (χ1) is 7.55. The molecule has 1 aliphatic carbocycles. The first-order valence-electron chi connectivity index (χ1n) is 5.68. The summed E-state index contributed by atoms with van der Waals surface area (Å²) in [7, 11) is 0. The van der Waals surface area contributed by atoms with Crippen molar-refractivity contribution in [2.45, 2.75) is 44.3 Å². The molecule has 2 saturated heterocycles. The monoisotopic (exact) mass is 226 g/mol. The van der Waals surface area contributed by atoms with Gasteiger partial charge in [-0.05, 0) is 25.7 Å². The minimum absolute atomic E-state index is 0.395. The molecule has 88 valence electrons. The fourth-order valence-corrected chi connectivity index (χ4v) is 4.22. The maximum absolute atomic E-state index is 11.6. The highest BCUT2D eigenvalue weighted by Gasteiger charge is 2.77. The van der Waals surface area contributed by atoms with Crippen molar-refractivity contribution in [3.63, 3.8) is 0 Å². The van der Waals surface area contributed by atoms with Gasteiger partial charge in [-0.25, -0.2) is 0 Å². The number of hydrogen-bond donors (Lipinski definition) is 2. The Morgan fingerprint density at radius 1 is 1.00 bits per heavy atom. The lowest BCUT2D eigenvalue weighted by atomic mass is 9.57. The summed E-state index contributed by atoms with van der Waals surface area (Å²) in [5.74, 6) is -1.97. The number of carboxylic acids is 2. The zero-order valence-corrected chi connectivity index (χ0v) is 8.81. The molecule has 5 heteroatoms. The molecule has 0 aromatic carbocycles. The van der Waals surface area contributed by atoms with Crippen LogP contribution in [0.1, 0.15) is 32.1 Å². The fourth-order valence-electron chi connectivity index (χ4n) is 4.22. The summed E-state index contributed by atoms with van der Waals surface area (Å²) >= 11 is 0. The van der Waals surface area contributed by atoms with Gasteiger partial charge in [0.1, 0.15) is 10.8 Å². The summed E-state index contributed by atoms with van der Waals surface area (Å²) in [5.41, 5.74) is -2.33. The van der Waals surface area contributed by atoms with Gasteiger partial charge in [-0.3, -0.25) is 9.59 Å². The van der Waals surface area contributed by atoms with Crippen molar-refractivity contribution in [3.8, 4) is 0 Å². The van der Waals surface area contributed by atoms with Crippen LogP contribution in [0.15, 0.2) is 0 Å². The quantitative estimate of drug-likeness (QED) is 0.730. The molecule has 0 amide bonds. The third-order valence-electron chi connectivity index (χ3n) is 4.82. The Balaban J connectivity index is 2.19. The summed E-state index contributed by atoms with van der Waals surface area (Å²) in [6.45, 7) is 0. The number of rotatable bonds is 2. The third kappa shape index (κ3) is 0.764. The summed E-state index contributed by atoms with van der Waals surface area (Å²) in [4.78, 5) is 23.1. The molecule has 0 unspecified atom stereocenters. The second kappa shape index (κ2) is 2.77. The molecular formula is C11H14O5. The van der Waals surface area contributed by atoms with E-state index in [0.717, 1.165) is 0 Å². The molecule has 16 heavy (non-hydrogen) atoms.